The molecule has 12 nitrogen and oxygen atoms in total. The Bertz CT molecular complexity index is 1860. The van der Waals surface area contributed by atoms with Crippen molar-refractivity contribution in [3.8, 4) is 0 Å². The maximum absolute atomic E-state index is 13.2. The van der Waals surface area contributed by atoms with Crippen LogP contribution >= 0.6 is 0 Å². The molecule has 0 radical (unpaired) electrons. The summed E-state index contributed by atoms with van der Waals surface area (Å²) in [5, 5.41) is 31.6. The van der Waals surface area contributed by atoms with Crippen LogP contribution in [0.15, 0.2) is 109 Å². The molecule has 3 N–H and O–H groups in total. The number of aliphatic hydroxyl groups excluding tert-OH is 2. The summed E-state index contributed by atoms with van der Waals surface area (Å²) in [7, 11) is 0. The van der Waals surface area contributed by atoms with Gasteiger partial charge in [0.2, 0.25) is 0 Å². The average molecular weight is 1160 g/mol. The van der Waals surface area contributed by atoms with Crippen molar-refractivity contribution in [2.75, 3.05) is 13.2 Å². The van der Waals surface area contributed by atoms with Gasteiger partial charge in [0.1, 0.15) is 18.8 Å². The lowest BCUT2D eigenvalue weighted by atomic mass is 9.98. The number of hydrogen-bond acceptors (Lipinski definition) is 11. The predicted octanol–water partition coefficient (Wildman–Crippen LogP) is 17.8. The third-order valence-electron chi connectivity index (χ3n) is 14.3. The predicted molar refractivity (Wildman–Crippen MR) is 340 cm³/mol. The van der Waals surface area contributed by atoms with Gasteiger partial charge >= 0.3 is 23.9 Å². The summed E-state index contributed by atoms with van der Waals surface area (Å²) >= 11 is 0. The molecule has 6 unspecified atom stereocenters. The Kier molecular flexibility index (Phi) is 53.2. The van der Waals surface area contributed by atoms with E-state index in [0.717, 1.165) is 161 Å². The van der Waals surface area contributed by atoms with E-state index in [0.29, 0.717) is 19.3 Å². The molecule has 1 heterocycles. The lowest BCUT2D eigenvalue weighted by Gasteiger charge is -2.40. The smallest absolute Gasteiger partial charge is 0.335 e. The molecule has 83 heavy (non-hydrogen) atoms. The van der Waals surface area contributed by atoms with Crippen LogP contribution < -0.4 is 0 Å². The molecule has 0 bridgehead atoms. The van der Waals surface area contributed by atoms with Gasteiger partial charge in [-0.2, -0.15) is 0 Å². The number of allylic oxidation sites excluding steroid dienone is 18. The van der Waals surface area contributed by atoms with E-state index in [1.165, 1.54) is 44.9 Å². The Morgan fingerprint density at radius 2 is 0.759 bits per heavy atom. The molecule has 0 spiro atoms. The SMILES string of the molecule is CC/C=C\C/C=C\C/C=C\C/C=C\CCCCCCC(=O)OC(COC(=O)CCCCCCCC/C=C\C/C=C\C/C=C\CCCCC)COC1OC(C(=O)O)C(O)C(O)C1OC(=O)CCCCCCCCC/C=C\C/C=C\CCCCC. The Labute approximate surface area is 504 Å². The van der Waals surface area contributed by atoms with Crippen LogP contribution in [-0.2, 0) is 42.9 Å². The zero-order valence-electron chi connectivity index (χ0n) is 52.2. The van der Waals surface area contributed by atoms with Gasteiger partial charge in [-0.1, -0.05) is 226 Å². The molecule has 6 atom stereocenters. The summed E-state index contributed by atoms with van der Waals surface area (Å²) in [6.45, 7) is 5.81. The van der Waals surface area contributed by atoms with E-state index >= 15 is 0 Å². The fourth-order valence-electron chi connectivity index (χ4n) is 9.28. The van der Waals surface area contributed by atoms with Gasteiger partial charge in [-0.05, 0) is 128 Å². The van der Waals surface area contributed by atoms with Crippen LogP contribution in [-0.4, -0.2) is 89.2 Å². The van der Waals surface area contributed by atoms with E-state index in [1.54, 1.807) is 0 Å². The van der Waals surface area contributed by atoms with Gasteiger partial charge in [-0.3, -0.25) is 14.4 Å². The number of esters is 3. The molecule has 1 aliphatic heterocycles. The monoisotopic (exact) mass is 1160 g/mol. The van der Waals surface area contributed by atoms with Gasteiger partial charge in [-0.15, -0.1) is 0 Å². The first kappa shape index (κ1) is 76.4. The molecule has 0 amide bonds. The van der Waals surface area contributed by atoms with Crippen LogP contribution in [0.4, 0.5) is 0 Å². The highest BCUT2D eigenvalue weighted by molar-refractivity contribution is 5.74. The highest BCUT2D eigenvalue weighted by Crippen LogP contribution is 2.26. The van der Waals surface area contributed by atoms with Crippen LogP contribution in [0.2, 0.25) is 0 Å². The Morgan fingerprint density at radius 1 is 0.410 bits per heavy atom. The van der Waals surface area contributed by atoms with Crippen LogP contribution in [0.3, 0.4) is 0 Å². The zero-order chi connectivity index (χ0) is 60.3. The lowest BCUT2D eigenvalue weighted by molar-refractivity contribution is -0.301. The Hall–Kier alpha value is -4.62. The number of carboxylic acids is 1. The number of rotatable bonds is 55. The van der Waals surface area contributed by atoms with E-state index in [4.69, 9.17) is 23.7 Å². The van der Waals surface area contributed by atoms with Crippen LogP contribution in [0.1, 0.15) is 265 Å². The summed E-state index contributed by atoms with van der Waals surface area (Å²) in [6, 6.07) is 0. The second-order valence-corrected chi connectivity index (χ2v) is 22.0. The molecule has 0 aromatic rings. The van der Waals surface area contributed by atoms with Gasteiger partial charge < -0.3 is 39.0 Å². The summed E-state index contributed by atoms with van der Waals surface area (Å²) in [5.41, 5.74) is 0. The second-order valence-electron chi connectivity index (χ2n) is 22.0. The van der Waals surface area contributed by atoms with E-state index in [9.17, 15) is 34.5 Å². The first-order valence-corrected chi connectivity index (χ1v) is 32.9. The minimum atomic E-state index is -1.92. The first-order chi connectivity index (χ1) is 40.6. The van der Waals surface area contributed by atoms with Gasteiger partial charge in [0.05, 0.1) is 6.61 Å². The number of aliphatic hydroxyl groups is 2. The van der Waals surface area contributed by atoms with E-state index in [1.807, 2.05) is 0 Å². The van der Waals surface area contributed by atoms with E-state index in [-0.39, 0.29) is 25.9 Å². The minimum Gasteiger partial charge on any atom is -0.479 e. The molecule has 0 aromatic carbocycles. The van der Waals surface area contributed by atoms with Gasteiger partial charge in [0, 0.05) is 19.3 Å². The summed E-state index contributed by atoms with van der Waals surface area (Å²) in [5.74, 6) is -3.18. The number of ether oxygens (including phenoxy) is 5. The van der Waals surface area contributed by atoms with Crippen LogP contribution in [0, 0.1) is 0 Å². The Morgan fingerprint density at radius 3 is 1.16 bits per heavy atom. The lowest BCUT2D eigenvalue weighted by Crippen LogP contribution is -2.61. The van der Waals surface area contributed by atoms with Crippen molar-refractivity contribution in [3.63, 3.8) is 0 Å². The number of unbranched alkanes of at least 4 members (excludes halogenated alkanes) is 23. The zero-order valence-corrected chi connectivity index (χ0v) is 52.2. The van der Waals surface area contributed by atoms with E-state index in [2.05, 4.69) is 130 Å². The molecule has 1 saturated heterocycles. The van der Waals surface area contributed by atoms with Crippen molar-refractivity contribution in [1.82, 2.24) is 0 Å². The third-order valence-corrected chi connectivity index (χ3v) is 14.3. The summed E-state index contributed by atoms with van der Waals surface area (Å²) in [6.07, 6.45) is 66.0. The molecule has 0 saturated carbocycles. The van der Waals surface area contributed by atoms with Crippen LogP contribution in [0.5, 0.6) is 0 Å². The number of hydrogen-bond donors (Lipinski definition) is 3. The number of carboxylic acid groups (broad SMARTS) is 1. The van der Waals surface area contributed by atoms with Crippen molar-refractivity contribution in [3.05, 3.63) is 109 Å². The molecular formula is C71H116O12. The fraction of sp³-hybridized carbons (Fsp3) is 0.690. The highest BCUT2D eigenvalue weighted by atomic mass is 16.7. The normalized spacial score (nSPS) is 18.3. The molecule has 0 aliphatic carbocycles. The molecule has 1 aliphatic rings. The molecule has 0 aromatic heterocycles. The third kappa shape index (κ3) is 47.3. The van der Waals surface area contributed by atoms with Crippen LogP contribution in [0.25, 0.3) is 0 Å². The molecule has 1 rings (SSSR count). The average Bonchev–Trinajstić information content (AvgIpc) is 3.59. The maximum Gasteiger partial charge on any atom is 0.335 e. The maximum atomic E-state index is 13.2. The van der Waals surface area contributed by atoms with Crippen molar-refractivity contribution in [2.24, 2.45) is 0 Å². The summed E-state index contributed by atoms with van der Waals surface area (Å²) < 4.78 is 28.5. The van der Waals surface area contributed by atoms with Crippen molar-refractivity contribution in [2.45, 2.75) is 302 Å². The van der Waals surface area contributed by atoms with Gasteiger partial charge in [-0.25, -0.2) is 4.79 Å². The number of aliphatic carboxylic acids is 1. The number of carbonyl (C=O) groups is 4. The van der Waals surface area contributed by atoms with Crippen molar-refractivity contribution < 1.29 is 58.2 Å². The molecule has 1 fully saturated rings. The first-order valence-electron chi connectivity index (χ1n) is 32.9. The molecule has 12 heteroatoms. The van der Waals surface area contributed by atoms with E-state index < -0.39 is 67.3 Å². The van der Waals surface area contributed by atoms with Gasteiger partial charge in [0.25, 0.3) is 0 Å². The number of carbonyl (C=O) groups excluding carboxylic acids is 3. The van der Waals surface area contributed by atoms with Gasteiger partial charge in [0.15, 0.2) is 24.6 Å². The van der Waals surface area contributed by atoms with Crippen molar-refractivity contribution in [1.29, 1.82) is 0 Å². The minimum absolute atomic E-state index is 0.0424. The summed E-state index contributed by atoms with van der Waals surface area (Å²) in [4.78, 5) is 51.4. The largest absolute Gasteiger partial charge is 0.479 e. The standard InChI is InChI=1S/C71H116O12/c1-4-7-10-13-16-19-22-25-28-31-32-35-36-39-42-45-48-51-54-57-63(72)79-60-62(81-64(73)58-55-52-49-46-43-40-37-33-29-26-23-20-17-14-11-8-5-2)61-80-71-69(67(76)66(75)68(83-71)70(77)78)82-65(74)59-56-53-50-47-44-41-38-34-30-27-24-21-18-15-12-9-6-3/h8,11,16-21,25-30,32,35,37,40,62,66-69,71,75-76H,4-7,9-10,12-15,22-24,31,33-34,36,38-39,41-61H2,1-3H3,(H,77,78)/b11-8-,19-16-,20-17-,21-18-,28-25-,29-26-,30-27-,35-32-,40-37-. The Balaban J connectivity index is 2.70. The molecule has 472 valence electrons. The second kappa shape index (κ2) is 57.8. The highest BCUT2D eigenvalue weighted by Gasteiger charge is 2.50. The quantitative estimate of drug-likeness (QED) is 0.0228. The van der Waals surface area contributed by atoms with Crippen molar-refractivity contribution >= 4 is 23.9 Å². The fourth-order valence-corrected chi connectivity index (χ4v) is 9.28. The molecular weight excluding hydrogens is 1040 g/mol. The topological polar surface area (TPSA) is 175 Å².